The Morgan fingerprint density at radius 3 is 2.47 bits per heavy atom. The number of aryl methyl sites for hydroxylation is 1. The first-order valence-corrected chi connectivity index (χ1v) is 8.11. The smallest absolute Gasteiger partial charge is 0.263 e. The second kappa shape index (κ2) is 5.22. The van der Waals surface area contributed by atoms with Gasteiger partial charge in [0.05, 0.1) is 0 Å². The lowest BCUT2D eigenvalue weighted by molar-refractivity contribution is 0.203. The van der Waals surface area contributed by atoms with Crippen molar-refractivity contribution in [1.82, 2.24) is 14.5 Å². The first-order chi connectivity index (χ1) is 8.89. The Morgan fingerprint density at radius 1 is 1.37 bits per heavy atom. The highest BCUT2D eigenvalue weighted by atomic mass is 32.2. The lowest BCUT2D eigenvalue weighted by atomic mass is 10.0. The second-order valence-corrected chi connectivity index (χ2v) is 7.06. The second-order valence-electron chi connectivity index (χ2n) is 5.30. The van der Waals surface area contributed by atoms with Gasteiger partial charge >= 0.3 is 0 Å². The Bertz CT molecular complexity index is 542. The number of nitrogens with two attached hydrogens (primary N) is 1. The number of H-pyrrole nitrogens is 1. The van der Waals surface area contributed by atoms with E-state index in [0.717, 1.165) is 25.0 Å². The molecule has 2 unspecified atom stereocenters. The third kappa shape index (κ3) is 2.42. The Kier molecular flexibility index (Phi) is 3.98. The zero-order valence-electron chi connectivity index (χ0n) is 11.7. The van der Waals surface area contributed by atoms with Gasteiger partial charge in [0.2, 0.25) is 0 Å². The van der Waals surface area contributed by atoms with Crippen LogP contribution in [0.25, 0.3) is 0 Å². The SMILES string of the molecule is Cc1[nH]nc(S(=O)(=O)N2C(C)CCCC2C)c1CN. The van der Waals surface area contributed by atoms with Crippen LogP contribution in [-0.2, 0) is 16.6 Å². The van der Waals surface area contributed by atoms with Crippen LogP contribution in [0.5, 0.6) is 0 Å². The Morgan fingerprint density at radius 2 is 1.95 bits per heavy atom. The van der Waals surface area contributed by atoms with Crippen molar-refractivity contribution in [2.24, 2.45) is 5.73 Å². The van der Waals surface area contributed by atoms with Crippen molar-refractivity contribution >= 4 is 10.0 Å². The third-order valence-electron chi connectivity index (χ3n) is 3.87. The van der Waals surface area contributed by atoms with Gasteiger partial charge in [0, 0.05) is 29.9 Å². The molecule has 0 radical (unpaired) electrons. The van der Waals surface area contributed by atoms with Gasteiger partial charge in [-0.1, -0.05) is 6.42 Å². The van der Waals surface area contributed by atoms with Crippen LogP contribution in [0.2, 0.25) is 0 Å². The number of piperidine rings is 1. The molecule has 1 aromatic heterocycles. The molecular formula is C12H22N4O2S. The van der Waals surface area contributed by atoms with Crippen molar-refractivity contribution in [3.63, 3.8) is 0 Å². The zero-order chi connectivity index (χ0) is 14.2. The molecule has 1 aromatic rings. The third-order valence-corrected chi connectivity index (χ3v) is 5.98. The molecular weight excluding hydrogens is 264 g/mol. The number of sulfonamides is 1. The van der Waals surface area contributed by atoms with E-state index in [2.05, 4.69) is 10.2 Å². The van der Waals surface area contributed by atoms with Crippen LogP contribution in [0.3, 0.4) is 0 Å². The van der Waals surface area contributed by atoms with E-state index < -0.39 is 10.0 Å². The van der Waals surface area contributed by atoms with Crippen molar-refractivity contribution in [3.8, 4) is 0 Å². The molecule has 2 rings (SSSR count). The number of rotatable bonds is 3. The summed E-state index contributed by atoms with van der Waals surface area (Å²) in [4.78, 5) is 0. The predicted octanol–water partition coefficient (Wildman–Crippen LogP) is 1.13. The van der Waals surface area contributed by atoms with Crippen LogP contribution in [0.15, 0.2) is 5.03 Å². The fraction of sp³-hybridized carbons (Fsp3) is 0.750. The van der Waals surface area contributed by atoms with Crippen molar-refractivity contribution in [3.05, 3.63) is 11.3 Å². The van der Waals surface area contributed by atoms with E-state index in [-0.39, 0.29) is 23.7 Å². The normalized spacial score (nSPS) is 25.7. The summed E-state index contributed by atoms with van der Waals surface area (Å²) in [7, 11) is -3.57. The molecule has 7 heteroatoms. The highest BCUT2D eigenvalue weighted by Gasteiger charge is 2.38. The van der Waals surface area contributed by atoms with Gasteiger partial charge in [-0.15, -0.1) is 0 Å². The fourth-order valence-electron chi connectivity index (χ4n) is 2.85. The maximum atomic E-state index is 12.8. The van der Waals surface area contributed by atoms with Gasteiger partial charge in [-0.25, -0.2) is 8.42 Å². The molecule has 0 bridgehead atoms. The molecule has 3 N–H and O–H groups in total. The molecule has 1 fully saturated rings. The maximum absolute atomic E-state index is 12.8. The van der Waals surface area contributed by atoms with Crippen LogP contribution in [0, 0.1) is 6.92 Å². The van der Waals surface area contributed by atoms with Crippen molar-refractivity contribution in [2.45, 2.75) is 63.7 Å². The molecule has 0 aliphatic carbocycles. The highest BCUT2D eigenvalue weighted by Crippen LogP contribution is 2.30. The van der Waals surface area contributed by atoms with Crippen molar-refractivity contribution in [1.29, 1.82) is 0 Å². The van der Waals surface area contributed by atoms with Gasteiger partial charge in [0.15, 0.2) is 5.03 Å². The number of aromatic nitrogens is 2. The van der Waals surface area contributed by atoms with E-state index in [0.29, 0.717) is 5.56 Å². The van der Waals surface area contributed by atoms with Crippen molar-refractivity contribution in [2.75, 3.05) is 0 Å². The van der Waals surface area contributed by atoms with Crippen LogP contribution >= 0.6 is 0 Å². The average Bonchev–Trinajstić information content (AvgIpc) is 2.70. The minimum Gasteiger partial charge on any atom is -0.326 e. The largest absolute Gasteiger partial charge is 0.326 e. The van der Waals surface area contributed by atoms with Gasteiger partial charge in [0.25, 0.3) is 10.0 Å². The molecule has 0 spiro atoms. The molecule has 2 atom stereocenters. The number of nitrogens with one attached hydrogen (secondary N) is 1. The number of hydrogen-bond donors (Lipinski definition) is 2. The molecule has 0 amide bonds. The molecule has 0 saturated carbocycles. The van der Waals surface area contributed by atoms with Gasteiger partial charge in [0.1, 0.15) is 0 Å². The first kappa shape index (κ1) is 14.5. The lowest BCUT2D eigenvalue weighted by Crippen LogP contribution is -2.47. The Balaban J connectivity index is 2.46. The highest BCUT2D eigenvalue weighted by molar-refractivity contribution is 7.89. The summed E-state index contributed by atoms with van der Waals surface area (Å²) in [6.45, 7) is 5.87. The zero-order valence-corrected chi connectivity index (χ0v) is 12.5. The topological polar surface area (TPSA) is 92.1 Å². The quantitative estimate of drug-likeness (QED) is 0.871. The maximum Gasteiger partial charge on any atom is 0.263 e. The first-order valence-electron chi connectivity index (χ1n) is 6.67. The number of aromatic amines is 1. The number of nitrogens with zero attached hydrogens (tertiary/aromatic N) is 2. The van der Waals surface area contributed by atoms with Crippen LogP contribution in [0.1, 0.15) is 44.4 Å². The van der Waals surface area contributed by atoms with Crippen LogP contribution in [0.4, 0.5) is 0 Å². The summed E-state index contributed by atoms with van der Waals surface area (Å²) in [5, 5.41) is 6.79. The molecule has 6 nitrogen and oxygen atoms in total. The van der Waals surface area contributed by atoms with Gasteiger partial charge in [-0.05, 0) is 33.6 Å². The lowest BCUT2D eigenvalue weighted by Gasteiger charge is -2.37. The van der Waals surface area contributed by atoms with Crippen molar-refractivity contribution < 1.29 is 8.42 Å². The summed E-state index contributed by atoms with van der Waals surface area (Å²) in [6.07, 6.45) is 2.85. The summed E-state index contributed by atoms with van der Waals surface area (Å²) >= 11 is 0. The van der Waals surface area contributed by atoms with E-state index >= 15 is 0 Å². The molecule has 2 heterocycles. The minimum atomic E-state index is -3.57. The molecule has 1 aliphatic rings. The summed E-state index contributed by atoms with van der Waals surface area (Å²) < 4.78 is 27.2. The fourth-order valence-corrected chi connectivity index (χ4v) is 4.92. The molecule has 108 valence electrons. The standard InChI is InChI=1S/C12H22N4O2S/c1-8-5-4-6-9(2)16(8)19(17,18)12-11(7-13)10(3)14-15-12/h8-9H,4-7,13H2,1-3H3,(H,14,15). The van der Waals surface area contributed by atoms with E-state index in [1.807, 2.05) is 13.8 Å². The Hall–Kier alpha value is -0.920. The van der Waals surface area contributed by atoms with E-state index in [9.17, 15) is 8.42 Å². The summed E-state index contributed by atoms with van der Waals surface area (Å²) in [5.41, 5.74) is 6.96. The molecule has 1 saturated heterocycles. The Labute approximate surface area is 114 Å². The van der Waals surface area contributed by atoms with Crippen LogP contribution < -0.4 is 5.73 Å². The van der Waals surface area contributed by atoms with E-state index in [4.69, 9.17) is 5.73 Å². The monoisotopic (exact) mass is 286 g/mol. The van der Waals surface area contributed by atoms with Gasteiger partial charge in [-0.3, -0.25) is 5.10 Å². The predicted molar refractivity (Wildman–Crippen MR) is 73.0 cm³/mol. The van der Waals surface area contributed by atoms with Crippen LogP contribution in [-0.4, -0.2) is 35.0 Å². The average molecular weight is 286 g/mol. The molecule has 0 aromatic carbocycles. The molecule has 19 heavy (non-hydrogen) atoms. The van der Waals surface area contributed by atoms with Gasteiger partial charge in [-0.2, -0.15) is 9.40 Å². The van der Waals surface area contributed by atoms with E-state index in [1.54, 1.807) is 11.2 Å². The summed E-state index contributed by atoms with van der Waals surface area (Å²) in [5.74, 6) is 0. The minimum absolute atomic E-state index is 0.0105. The molecule has 1 aliphatic heterocycles. The van der Waals surface area contributed by atoms with Gasteiger partial charge < -0.3 is 5.73 Å². The number of hydrogen-bond acceptors (Lipinski definition) is 4. The summed E-state index contributed by atoms with van der Waals surface area (Å²) in [6, 6.07) is 0.0211. The van der Waals surface area contributed by atoms with E-state index in [1.165, 1.54) is 0 Å².